The van der Waals surface area contributed by atoms with E-state index < -0.39 is 0 Å². The van der Waals surface area contributed by atoms with Crippen LogP contribution in [0, 0.1) is 0 Å². The Balaban J connectivity index is 1.53. The molecule has 3 heterocycles. The fraction of sp³-hybridized carbons (Fsp3) is 0.385. The first-order valence-corrected chi connectivity index (χ1v) is 7.91. The Hall–Kier alpha value is -0.980. The number of rotatable bonds is 4. The SMILES string of the molecule is Brc1ccc(CN2CCC(Nc3ncccn3)C2)s1. The molecule has 0 saturated carbocycles. The molecule has 1 aliphatic rings. The highest BCUT2D eigenvalue weighted by Crippen LogP contribution is 2.24. The van der Waals surface area contributed by atoms with Crippen molar-refractivity contribution in [1.82, 2.24) is 14.9 Å². The maximum Gasteiger partial charge on any atom is 0.222 e. The zero-order chi connectivity index (χ0) is 13.1. The summed E-state index contributed by atoms with van der Waals surface area (Å²) in [5.74, 6) is 0.730. The van der Waals surface area contributed by atoms with Gasteiger partial charge >= 0.3 is 0 Å². The molecule has 19 heavy (non-hydrogen) atoms. The zero-order valence-corrected chi connectivity index (χ0v) is 12.8. The van der Waals surface area contributed by atoms with E-state index in [0.717, 1.165) is 32.0 Å². The quantitative estimate of drug-likeness (QED) is 0.930. The molecule has 1 atom stereocenters. The Bertz CT molecular complexity index is 530. The summed E-state index contributed by atoms with van der Waals surface area (Å²) in [5, 5.41) is 3.39. The summed E-state index contributed by atoms with van der Waals surface area (Å²) in [5.41, 5.74) is 0. The third-order valence-electron chi connectivity index (χ3n) is 3.18. The van der Waals surface area contributed by atoms with Crippen LogP contribution in [0.5, 0.6) is 0 Å². The van der Waals surface area contributed by atoms with Crippen LogP contribution in [0.3, 0.4) is 0 Å². The predicted molar refractivity (Wildman–Crippen MR) is 81.4 cm³/mol. The number of thiophene rings is 1. The van der Waals surface area contributed by atoms with Crippen molar-refractivity contribution in [3.8, 4) is 0 Å². The summed E-state index contributed by atoms with van der Waals surface area (Å²) in [7, 11) is 0. The minimum atomic E-state index is 0.450. The van der Waals surface area contributed by atoms with Crippen LogP contribution in [0.1, 0.15) is 11.3 Å². The van der Waals surface area contributed by atoms with Crippen LogP contribution in [0.4, 0.5) is 5.95 Å². The minimum absolute atomic E-state index is 0.450. The van der Waals surface area contributed by atoms with Crippen LogP contribution in [0.25, 0.3) is 0 Å². The van der Waals surface area contributed by atoms with Gasteiger partial charge in [0.1, 0.15) is 0 Å². The monoisotopic (exact) mass is 338 g/mol. The van der Waals surface area contributed by atoms with Gasteiger partial charge in [0.05, 0.1) is 3.79 Å². The number of hydrogen-bond donors (Lipinski definition) is 1. The number of anilines is 1. The first-order valence-electron chi connectivity index (χ1n) is 6.30. The van der Waals surface area contributed by atoms with Gasteiger partial charge in [-0.2, -0.15) is 0 Å². The lowest BCUT2D eigenvalue weighted by Gasteiger charge is -2.15. The van der Waals surface area contributed by atoms with Gasteiger partial charge in [0.2, 0.25) is 5.95 Å². The maximum atomic E-state index is 4.21. The lowest BCUT2D eigenvalue weighted by atomic mass is 10.3. The second-order valence-corrected chi connectivity index (χ2v) is 7.19. The van der Waals surface area contributed by atoms with Crippen molar-refractivity contribution in [3.63, 3.8) is 0 Å². The fourth-order valence-corrected chi connectivity index (χ4v) is 3.83. The lowest BCUT2D eigenvalue weighted by Crippen LogP contribution is -2.26. The molecule has 0 aliphatic carbocycles. The highest BCUT2D eigenvalue weighted by Gasteiger charge is 2.23. The molecule has 1 fully saturated rings. The fourth-order valence-electron chi connectivity index (χ4n) is 2.31. The predicted octanol–water partition coefficient (Wildman–Crippen LogP) is 2.99. The number of hydrogen-bond acceptors (Lipinski definition) is 5. The highest BCUT2D eigenvalue weighted by atomic mass is 79.9. The summed E-state index contributed by atoms with van der Waals surface area (Å²) in [4.78, 5) is 12.3. The Morgan fingerprint density at radius 3 is 2.95 bits per heavy atom. The van der Waals surface area contributed by atoms with E-state index in [0.29, 0.717) is 6.04 Å². The van der Waals surface area contributed by atoms with Crippen molar-refractivity contribution in [2.75, 3.05) is 18.4 Å². The average molecular weight is 339 g/mol. The highest BCUT2D eigenvalue weighted by molar-refractivity contribution is 9.11. The zero-order valence-electron chi connectivity index (χ0n) is 10.4. The molecule has 2 aromatic rings. The summed E-state index contributed by atoms with van der Waals surface area (Å²) in [6.07, 6.45) is 4.68. The number of halogens is 1. The molecule has 0 radical (unpaired) electrons. The first-order chi connectivity index (χ1) is 9.29. The smallest absolute Gasteiger partial charge is 0.222 e. The summed E-state index contributed by atoms with van der Waals surface area (Å²) < 4.78 is 1.20. The van der Waals surface area contributed by atoms with Gasteiger partial charge in [-0.1, -0.05) is 0 Å². The van der Waals surface area contributed by atoms with Crippen LogP contribution in [-0.4, -0.2) is 34.0 Å². The Kier molecular flexibility index (Phi) is 4.10. The average Bonchev–Trinajstić information content (AvgIpc) is 3.01. The van der Waals surface area contributed by atoms with Gasteiger partial charge in [-0.15, -0.1) is 11.3 Å². The number of nitrogens with one attached hydrogen (secondary N) is 1. The van der Waals surface area contributed by atoms with Crippen molar-refractivity contribution in [3.05, 3.63) is 39.3 Å². The van der Waals surface area contributed by atoms with Gasteiger partial charge in [0.15, 0.2) is 0 Å². The third-order valence-corrected chi connectivity index (χ3v) is 4.79. The van der Waals surface area contributed by atoms with Crippen molar-refractivity contribution in [1.29, 1.82) is 0 Å². The van der Waals surface area contributed by atoms with Crippen molar-refractivity contribution in [2.45, 2.75) is 19.0 Å². The molecular formula is C13H15BrN4S. The number of nitrogens with zero attached hydrogens (tertiary/aromatic N) is 3. The maximum absolute atomic E-state index is 4.21. The molecular weight excluding hydrogens is 324 g/mol. The molecule has 3 rings (SSSR count). The lowest BCUT2D eigenvalue weighted by molar-refractivity contribution is 0.331. The van der Waals surface area contributed by atoms with E-state index in [2.05, 4.69) is 48.2 Å². The third kappa shape index (κ3) is 3.52. The van der Waals surface area contributed by atoms with Crippen molar-refractivity contribution >= 4 is 33.2 Å². The van der Waals surface area contributed by atoms with Crippen LogP contribution < -0.4 is 5.32 Å². The van der Waals surface area contributed by atoms with Crippen LogP contribution in [0.2, 0.25) is 0 Å². The molecule has 0 amide bonds. The van der Waals surface area contributed by atoms with Gasteiger partial charge in [0.25, 0.3) is 0 Å². The van der Waals surface area contributed by atoms with E-state index >= 15 is 0 Å². The molecule has 1 unspecified atom stereocenters. The number of aromatic nitrogens is 2. The second-order valence-electron chi connectivity index (χ2n) is 4.64. The number of likely N-dealkylation sites (tertiary alicyclic amines) is 1. The first kappa shape index (κ1) is 13.0. The van der Waals surface area contributed by atoms with Crippen LogP contribution in [0.15, 0.2) is 34.4 Å². The van der Waals surface area contributed by atoms with E-state index in [9.17, 15) is 0 Å². The molecule has 1 saturated heterocycles. The van der Waals surface area contributed by atoms with E-state index in [1.165, 1.54) is 8.66 Å². The molecule has 0 spiro atoms. The van der Waals surface area contributed by atoms with E-state index in [1.54, 1.807) is 12.4 Å². The standard InChI is InChI=1S/C13H15BrN4S/c14-12-3-2-11(19-12)9-18-7-4-10(8-18)17-13-15-5-1-6-16-13/h1-3,5-6,10H,4,7-9H2,(H,15,16,17). The molecule has 0 bridgehead atoms. The van der Waals surface area contributed by atoms with E-state index in [4.69, 9.17) is 0 Å². The van der Waals surface area contributed by atoms with Crippen LogP contribution >= 0.6 is 27.3 Å². The molecule has 100 valence electrons. The summed E-state index contributed by atoms with van der Waals surface area (Å²) >= 11 is 5.32. The van der Waals surface area contributed by atoms with Gasteiger partial charge < -0.3 is 5.32 Å². The molecule has 2 aromatic heterocycles. The van der Waals surface area contributed by atoms with E-state index in [1.807, 2.05) is 17.4 Å². The second kappa shape index (κ2) is 5.98. The Morgan fingerprint density at radius 2 is 2.21 bits per heavy atom. The summed E-state index contributed by atoms with van der Waals surface area (Å²) in [6.45, 7) is 3.21. The van der Waals surface area contributed by atoms with Crippen molar-refractivity contribution in [2.24, 2.45) is 0 Å². The van der Waals surface area contributed by atoms with E-state index in [-0.39, 0.29) is 0 Å². The van der Waals surface area contributed by atoms with Gasteiger partial charge in [-0.3, -0.25) is 4.90 Å². The minimum Gasteiger partial charge on any atom is -0.350 e. The topological polar surface area (TPSA) is 41.0 Å². The normalized spacial score (nSPS) is 19.7. The molecule has 0 aromatic carbocycles. The van der Waals surface area contributed by atoms with Crippen molar-refractivity contribution < 1.29 is 0 Å². The largest absolute Gasteiger partial charge is 0.350 e. The molecule has 6 heteroatoms. The van der Waals surface area contributed by atoms with Gasteiger partial charge in [0, 0.05) is 42.9 Å². The molecule has 1 aliphatic heterocycles. The van der Waals surface area contributed by atoms with Gasteiger partial charge in [-0.25, -0.2) is 9.97 Å². The summed E-state index contributed by atoms with van der Waals surface area (Å²) in [6, 6.07) is 6.59. The van der Waals surface area contributed by atoms with Gasteiger partial charge in [-0.05, 0) is 40.5 Å². The Labute approximate surface area is 125 Å². The Morgan fingerprint density at radius 1 is 1.37 bits per heavy atom. The molecule has 4 nitrogen and oxygen atoms in total. The van der Waals surface area contributed by atoms with Crippen LogP contribution in [-0.2, 0) is 6.54 Å². The molecule has 1 N–H and O–H groups in total.